The van der Waals surface area contributed by atoms with Gasteiger partial charge in [0.25, 0.3) is 0 Å². The van der Waals surface area contributed by atoms with Crippen molar-refractivity contribution < 1.29 is 51.2 Å². The molecule has 0 radical (unpaired) electrons. The van der Waals surface area contributed by atoms with Gasteiger partial charge in [-0.3, -0.25) is 19.2 Å². The number of unbranched alkanes of at least 4 members (excludes halogenated alkanes) is 61. The largest absolute Gasteiger partial charge is 0.481 e. The zero-order valence-electron chi connectivity index (χ0n) is 80.3. The maximum atomic E-state index is 10.8. The first-order valence-corrected chi connectivity index (χ1v) is 52.9. The quantitative estimate of drug-likeness (QED) is 0.0252. The summed E-state index contributed by atoms with van der Waals surface area (Å²) in [4.78, 5) is 42.2. The van der Waals surface area contributed by atoms with Crippen LogP contribution in [-0.4, -0.2) is 67.7 Å². The minimum Gasteiger partial charge on any atom is -0.481 e. The second kappa shape index (κ2) is 110. The van der Waals surface area contributed by atoms with Gasteiger partial charge in [0, 0.05) is 40.3 Å². The van der Waals surface area contributed by atoms with E-state index in [2.05, 4.69) is 78.0 Å². The summed E-state index contributed by atoms with van der Waals surface area (Å²) in [6, 6.07) is 0. The lowest BCUT2D eigenvalue weighted by Crippen LogP contribution is -2.16. The van der Waals surface area contributed by atoms with Crippen molar-refractivity contribution in [1.29, 1.82) is 0 Å². The Morgan fingerprint density at radius 2 is 0.322 bits per heavy atom. The molecule has 0 spiro atoms. The fraction of sp³-hybridized carbons (Fsp3) is 0.907. The molecule has 0 fully saturated rings. The van der Waals surface area contributed by atoms with E-state index in [-0.39, 0.29) is 1.43 Å². The lowest BCUT2D eigenvalue weighted by molar-refractivity contribution is -0.138. The van der Waals surface area contributed by atoms with Gasteiger partial charge in [0.1, 0.15) is 0 Å². The molecule has 0 aliphatic carbocycles. The van der Waals surface area contributed by atoms with Crippen LogP contribution in [-0.2, 0) is 19.2 Å². The summed E-state index contributed by atoms with van der Waals surface area (Å²) >= 11 is 0. The molecule has 704 valence electrons. The first-order valence-electron chi connectivity index (χ1n) is 52.9. The summed E-state index contributed by atoms with van der Waals surface area (Å²) in [6.07, 6.45) is 122. The van der Waals surface area contributed by atoms with Crippen molar-refractivity contribution in [3.05, 3.63) is 36.5 Å². The maximum absolute atomic E-state index is 10.8. The molecule has 10 heteroatoms. The third kappa shape index (κ3) is 111. The standard InChI is InChI=1S/C36H70O4.C36H74O2.C18H34O2.C18H32O2.H2/c1-3-5-7-9-11-16-22-28-34(30-24-18-14-20-26-32-36(39)40)33(27-21-15-10-8-6-4-2)29-23-17-12-13-19-25-31-35(37)38;1-3-5-7-9-12-18-24-30-36(32-26-20-14-16-22-28-34-38)35(29-23-17-10-8-6-4-2)31-25-19-13-11-15-21-27-33-37;2*1-2-3-4-5-6-7-8-9-10-11-12-13-14-15-16-17-18(19)20;/h33-34H,3-32H2,1-2H3,(H,37,38)(H,39,40);35-38H,3-34H2,1-2H3;9-10H,2-8,11-17H2,1H3,(H,19,20);6-7,9-10H,2-5,8,11-17H2,1H3,(H,19,20);1H/b;;10-9-;7-6-,10-9-;. The molecule has 0 bridgehead atoms. The van der Waals surface area contributed by atoms with Crippen molar-refractivity contribution in [3.8, 4) is 0 Å². The molecule has 0 saturated carbocycles. The third-order valence-corrected chi connectivity index (χ3v) is 24.9. The Morgan fingerprint density at radius 3 is 0.500 bits per heavy atom. The van der Waals surface area contributed by atoms with E-state index in [1.165, 1.54) is 449 Å². The molecule has 0 aromatic heterocycles. The number of hydrogen-bond acceptors (Lipinski definition) is 6. The molecule has 0 rings (SSSR count). The molecule has 4 unspecified atom stereocenters. The molecular formula is C108H212O10. The summed E-state index contributed by atoms with van der Waals surface area (Å²) in [5.41, 5.74) is 0. The smallest absolute Gasteiger partial charge is 0.303 e. The number of carbonyl (C=O) groups is 4. The van der Waals surface area contributed by atoms with Crippen LogP contribution in [0.25, 0.3) is 0 Å². The molecule has 0 aromatic rings. The van der Waals surface area contributed by atoms with E-state index in [0.29, 0.717) is 38.9 Å². The molecule has 0 saturated heterocycles. The zero-order valence-corrected chi connectivity index (χ0v) is 80.3. The van der Waals surface area contributed by atoms with E-state index in [4.69, 9.17) is 30.6 Å². The molecule has 0 aliphatic heterocycles. The summed E-state index contributed by atoms with van der Waals surface area (Å²) in [5, 5.41) is 52.8. The second-order valence-electron chi connectivity index (χ2n) is 36.5. The highest BCUT2D eigenvalue weighted by Gasteiger charge is 2.23. The number of aliphatic hydroxyl groups is 2. The van der Waals surface area contributed by atoms with Crippen LogP contribution >= 0.6 is 0 Å². The SMILES string of the molecule is CCCCC/C=C\C/C=C\CCCCCCCC(=O)O.CCCCCCCC/C=C\CCCCCCCC(=O)O.CCCCCCCCCC(CCCCCCCC(=O)O)C(CCCCCCCC)CCCCCCCCC(=O)O.CCCCCCCCCC(CCCCCCCCO)C(CCCCCCCC)CCCCCCCCCO.[HH]. The molecule has 0 aliphatic rings. The number of rotatable bonds is 95. The van der Waals surface area contributed by atoms with Crippen molar-refractivity contribution in [1.82, 2.24) is 0 Å². The van der Waals surface area contributed by atoms with Crippen molar-refractivity contribution >= 4 is 23.9 Å². The first-order chi connectivity index (χ1) is 57.8. The minimum atomic E-state index is -0.671. The highest BCUT2D eigenvalue weighted by molar-refractivity contribution is 5.67. The maximum Gasteiger partial charge on any atom is 0.303 e. The van der Waals surface area contributed by atoms with Crippen molar-refractivity contribution in [2.45, 2.75) is 594 Å². The van der Waals surface area contributed by atoms with E-state index >= 15 is 0 Å². The Balaban J connectivity index is -0.000000507. The number of aliphatic carboxylic acids is 4. The lowest BCUT2D eigenvalue weighted by Gasteiger charge is -2.28. The first kappa shape index (κ1) is 121. The van der Waals surface area contributed by atoms with Crippen LogP contribution in [0.1, 0.15) is 595 Å². The van der Waals surface area contributed by atoms with E-state index in [0.717, 1.165) is 101 Å². The van der Waals surface area contributed by atoms with Crippen molar-refractivity contribution in [2.75, 3.05) is 13.2 Å². The van der Waals surface area contributed by atoms with Gasteiger partial charge in [0.15, 0.2) is 0 Å². The Morgan fingerprint density at radius 1 is 0.186 bits per heavy atom. The van der Waals surface area contributed by atoms with Crippen LogP contribution in [0.2, 0.25) is 0 Å². The van der Waals surface area contributed by atoms with Crippen LogP contribution in [0, 0.1) is 23.7 Å². The van der Waals surface area contributed by atoms with Gasteiger partial charge in [-0.25, -0.2) is 0 Å². The van der Waals surface area contributed by atoms with Gasteiger partial charge in [0.2, 0.25) is 0 Å². The van der Waals surface area contributed by atoms with E-state index < -0.39 is 23.9 Å². The van der Waals surface area contributed by atoms with Gasteiger partial charge in [-0.15, -0.1) is 0 Å². The van der Waals surface area contributed by atoms with Gasteiger partial charge >= 0.3 is 23.9 Å². The monoisotopic (exact) mass is 1670 g/mol. The normalized spacial score (nSPS) is 12.5. The van der Waals surface area contributed by atoms with E-state index in [1.807, 2.05) is 0 Å². The van der Waals surface area contributed by atoms with Gasteiger partial charge in [-0.2, -0.15) is 0 Å². The number of aliphatic hydroxyl groups excluding tert-OH is 2. The highest BCUT2D eigenvalue weighted by Crippen LogP contribution is 2.36. The second-order valence-corrected chi connectivity index (χ2v) is 36.5. The van der Waals surface area contributed by atoms with E-state index in [9.17, 15) is 19.2 Å². The Bertz CT molecular complexity index is 1990. The molecule has 0 amide bonds. The van der Waals surface area contributed by atoms with Crippen LogP contribution in [0.5, 0.6) is 0 Å². The molecule has 4 atom stereocenters. The topological polar surface area (TPSA) is 190 Å². The predicted octanol–water partition coefficient (Wildman–Crippen LogP) is 36.3. The average molecular weight is 1670 g/mol. The Labute approximate surface area is 738 Å². The summed E-state index contributed by atoms with van der Waals surface area (Å²) in [7, 11) is 0. The number of carboxylic acids is 4. The molecular weight excluding hydrogens is 1460 g/mol. The predicted molar refractivity (Wildman–Crippen MR) is 519 cm³/mol. The number of carboxylic acid groups (broad SMARTS) is 4. The van der Waals surface area contributed by atoms with Crippen LogP contribution in [0.4, 0.5) is 0 Å². The Hall–Kier alpha value is -2.98. The van der Waals surface area contributed by atoms with Crippen LogP contribution in [0.3, 0.4) is 0 Å². The highest BCUT2D eigenvalue weighted by atomic mass is 16.4. The van der Waals surface area contributed by atoms with E-state index in [1.54, 1.807) is 0 Å². The summed E-state index contributed by atoms with van der Waals surface area (Å²) in [5.74, 6) is 0.996. The van der Waals surface area contributed by atoms with Gasteiger partial charge in [-0.05, 0) is 120 Å². The van der Waals surface area contributed by atoms with Crippen molar-refractivity contribution in [3.63, 3.8) is 0 Å². The lowest BCUT2D eigenvalue weighted by atomic mass is 9.78. The van der Waals surface area contributed by atoms with Gasteiger partial charge < -0.3 is 30.6 Å². The van der Waals surface area contributed by atoms with Crippen LogP contribution in [0.15, 0.2) is 36.5 Å². The molecule has 10 nitrogen and oxygen atoms in total. The Kier molecular flexibility index (Phi) is 113. The molecule has 118 heavy (non-hydrogen) atoms. The fourth-order valence-electron chi connectivity index (χ4n) is 17.2. The number of hydrogen-bond donors (Lipinski definition) is 6. The average Bonchev–Trinajstić information content (AvgIpc) is 0.920. The van der Waals surface area contributed by atoms with Gasteiger partial charge in [0.05, 0.1) is 0 Å². The zero-order chi connectivity index (χ0) is 87.1. The van der Waals surface area contributed by atoms with Crippen molar-refractivity contribution in [2.24, 2.45) is 23.7 Å². The van der Waals surface area contributed by atoms with Gasteiger partial charge in [-0.1, -0.05) is 508 Å². The summed E-state index contributed by atoms with van der Waals surface area (Å²) < 4.78 is 0. The molecule has 6 N–H and O–H groups in total. The third-order valence-electron chi connectivity index (χ3n) is 24.9. The summed E-state index contributed by atoms with van der Waals surface area (Å²) in [6.45, 7) is 14.4. The molecule has 0 aromatic carbocycles. The molecule has 0 heterocycles. The fourth-order valence-corrected chi connectivity index (χ4v) is 17.2. The minimum absolute atomic E-state index is 0. The number of allylic oxidation sites excluding steroid dienone is 6. The van der Waals surface area contributed by atoms with Crippen LogP contribution < -0.4 is 0 Å².